The zero-order valence-corrected chi connectivity index (χ0v) is 12.0. The molecule has 1 aromatic carbocycles. The fourth-order valence-corrected chi connectivity index (χ4v) is 2.14. The predicted octanol–water partition coefficient (Wildman–Crippen LogP) is 2.73. The van der Waals surface area contributed by atoms with Crippen molar-refractivity contribution < 1.29 is 4.74 Å². The largest absolute Gasteiger partial charge is 0.494 e. The average molecular weight is 271 g/mol. The Balaban J connectivity index is 2.22. The van der Waals surface area contributed by atoms with Gasteiger partial charge in [-0.1, -0.05) is 25.1 Å². The summed E-state index contributed by atoms with van der Waals surface area (Å²) in [7, 11) is 0. The maximum absolute atomic E-state index is 5.71. The lowest BCUT2D eigenvalue weighted by molar-refractivity contribution is 0.317. The third-order valence-corrected chi connectivity index (χ3v) is 3.21. The quantitative estimate of drug-likeness (QED) is 0.626. The normalized spacial score (nSPS) is 12.2. The van der Waals surface area contributed by atoms with E-state index in [-0.39, 0.29) is 6.04 Å². The van der Waals surface area contributed by atoms with E-state index >= 15 is 0 Å². The number of nitrogens with one attached hydrogen (secondary N) is 1. The molecule has 0 spiro atoms. The Labute approximate surface area is 120 Å². The molecule has 0 saturated heterocycles. The Hall–Kier alpha value is -1.91. The van der Waals surface area contributed by atoms with Crippen LogP contribution in [0.25, 0.3) is 0 Å². The van der Waals surface area contributed by atoms with Gasteiger partial charge in [0, 0.05) is 11.9 Å². The second-order valence-corrected chi connectivity index (χ2v) is 4.70. The van der Waals surface area contributed by atoms with Gasteiger partial charge >= 0.3 is 0 Å². The fourth-order valence-electron chi connectivity index (χ4n) is 2.14. The van der Waals surface area contributed by atoms with Crippen LogP contribution in [0.1, 0.15) is 36.2 Å². The average Bonchev–Trinajstić information content (AvgIpc) is 2.49. The van der Waals surface area contributed by atoms with E-state index in [2.05, 4.69) is 17.3 Å². The molecule has 0 aliphatic rings. The molecule has 1 unspecified atom stereocenters. The molecule has 20 heavy (non-hydrogen) atoms. The first kappa shape index (κ1) is 14.5. The van der Waals surface area contributed by atoms with Gasteiger partial charge in [-0.15, -0.1) is 0 Å². The van der Waals surface area contributed by atoms with Gasteiger partial charge in [0.05, 0.1) is 12.6 Å². The van der Waals surface area contributed by atoms with Crippen molar-refractivity contribution in [3.05, 3.63) is 59.4 Å². The van der Waals surface area contributed by atoms with Crippen LogP contribution in [0, 0.1) is 6.92 Å². The highest BCUT2D eigenvalue weighted by Gasteiger charge is 2.14. The third-order valence-electron chi connectivity index (χ3n) is 3.21. The van der Waals surface area contributed by atoms with Crippen molar-refractivity contribution in [1.82, 2.24) is 10.4 Å². The van der Waals surface area contributed by atoms with Crippen molar-refractivity contribution in [3.63, 3.8) is 0 Å². The predicted molar refractivity (Wildman–Crippen MR) is 80.4 cm³/mol. The summed E-state index contributed by atoms with van der Waals surface area (Å²) in [5.41, 5.74) is 6.00. The van der Waals surface area contributed by atoms with Crippen molar-refractivity contribution in [2.24, 2.45) is 5.84 Å². The van der Waals surface area contributed by atoms with Crippen LogP contribution in [0.5, 0.6) is 5.75 Å². The molecule has 0 radical (unpaired) electrons. The van der Waals surface area contributed by atoms with Crippen LogP contribution in [0.4, 0.5) is 0 Å². The number of aryl methyl sites for hydroxylation is 1. The topological polar surface area (TPSA) is 60.2 Å². The van der Waals surface area contributed by atoms with Gasteiger partial charge in [0.25, 0.3) is 0 Å². The van der Waals surface area contributed by atoms with Crippen molar-refractivity contribution in [2.75, 3.05) is 6.61 Å². The van der Waals surface area contributed by atoms with Crippen LogP contribution in [0.3, 0.4) is 0 Å². The molecule has 2 rings (SSSR count). The van der Waals surface area contributed by atoms with Crippen LogP contribution in [0.2, 0.25) is 0 Å². The molecular weight excluding hydrogens is 250 g/mol. The highest BCUT2D eigenvalue weighted by atomic mass is 16.5. The minimum atomic E-state index is -0.0658. The zero-order valence-electron chi connectivity index (χ0n) is 12.0. The molecule has 1 heterocycles. The summed E-state index contributed by atoms with van der Waals surface area (Å²) in [6, 6.07) is 11.9. The molecule has 1 atom stereocenters. The lowest BCUT2D eigenvalue weighted by atomic mass is 9.98. The van der Waals surface area contributed by atoms with Crippen LogP contribution in [-0.4, -0.2) is 11.6 Å². The smallest absolute Gasteiger partial charge is 0.119 e. The molecule has 0 fully saturated rings. The van der Waals surface area contributed by atoms with E-state index in [0.717, 1.165) is 35.6 Å². The van der Waals surface area contributed by atoms with Crippen LogP contribution in [-0.2, 0) is 0 Å². The van der Waals surface area contributed by atoms with E-state index in [0.29, 0.717) is 0 Å². The summed E-state index contributed by atoms with van der Waals surface area (Å²) < 4.78 is 5.59. The summed E-state index contributed by atoms with van der Waals surface area (Å²) >= 11 is 0. The number of ether oxygens (including phenoxy) is 1. The molecule has 0 aliphatic heterocycles. The fraction of sp³-hybridized carbons (Fsp3) is 0.312. The Bertz CT molecular complexity index is 540. The van der Waals surface area contributed by atoms with Crippen molar-refractivity contribution in [1.29, 1.82) is 0 Å². The Morgan fingerprint density at radius 2 is 2.00 bits per heavy atom. The van der Waals surface area contributed by atoms with Gasteiger partial charge in [0.15, 0.2) is 0 Å². The number of aromatic nitrogens is 1. The number of rotatable bonds is 6. The lowest BCUT2D eigenvalue weighted by Gasteiger charge is -2.18. The number of benzene rings is 1. The third kappa shape index (κ3) is 3.35. The number of hydrogen-bond acceptors (Lipinski definition) is 4. The van der Waals surface area contributed by atoms with E-state index < -0.39 is 0 Å². The molecule has 0 saturated carbocycles. The molecule has 3 N–H and O–H groups in total. The minimum Gasteiger partial charge on any atom is -0.494 e. The molecule has 1 aromatic heterocycles. The maximum Gasteiger partial charge on any atom is 0.119 e. The molecule has 106 valence electrons. The molecule has 2 aromatic rings. The van der Waals surface area contributed by atoms with Gasteiger partial charge in [-0.2, -0.15) is 0 Å². The second kappa shape index (κ2) is 7.03. The maximum atomic E-state index is 5.71. The Morgan fingerprint density at radius 3 is 2.60 bits per heavy atom. The van der Waals surface area contributed by atoms with Gasteiger partial charge < -0.3 is 4.74 Å². The summed E-state index contributed by atoms with van der Waals surface area (Å²) in [5.74, 6) is 6.60. The molecule has 0 bridgehead atoms. The number of pyridine rings is 1. The summed E-state index contributed by atoms with van der Waals surface area (Å²) in [6.45, 7) is 4.81. The van der Waals surface area contributed by atoms with Crippen molar-refractivity contribution in [3.8, 4) is 5.75 Å². The highest BCUT2D eigenvalue weighted by molar-refractivity contribution is 5.36. The van der Waals surface area contributed by atoms with Gasteiger partial charge in [0.2, 0.25) is 0 Å². The minimum absolute atomic E-state index is 0.0658. The van der Waals surface area contributed by atoms with E-state index in [4.69, 9.17) is 10.6 Å². The highest BCUT2D eigenvalue weighted by Crippen LogP contribution is 2.24. The Kier molecular flexibility index (Phi) is 5.09. The number of hydrazine groups is 1. The van der Waals surface area contributed by atoms with Crippen LogP contribution < -0.4 is 16.0 Å². The first-order valence-corrected chi connectivity index (χ1v) is 6.86. The van der Waals surface area contributed by atoms with E-state index in [1.54, 1.807) is 6.20 Å². The molecule has 0 aliphatic carbocycles. The van der Waals surface area contributed by atoms with Crippen LogP contribution in [0.15, 0.2) is 42.6 Å². The van der Waals surface area contributed by atoms with Gasteiger partial charge in [-0.05, 0) is 42.7 Å². The number of nitrogens with zero attached hydrogens (tertiary/aromatic N) is 1. The van der Waals surface area contributed by atoms with Gasteiger partial charge in [-0.3, -0.25) is 10.8 Å². The molecule has 4 heteroatoms. The van der Waals surface area contributed by atoms with Crippen molar-refractivity contribution >= 4 is 0 Å². The molecule has 4 nitrogen and oxygen atoms in total. The first-order valence-electron chi connectivity index (χ1n) is 6.86. The van der Waals surface area contributed by atoms with E-state index in [1.807, 2.05) is 43.3 Å². The van der Waals surface area contributed by atoms with Crippen molar-refractivity contribution in [2.45, 2.75) is 26.3 Å². The van der Waals surface area contributed by atoms with Crippen LogP contribution >= 0.6 is 0 Å². The van der Waals surface area contributed by atoms with Gasteiger partial charge in [0.1, 0.15) is 5.75 Å². The zero-order chi connectivity index (χ0) is 14.4. The number of nitrogens with two attached hydrogens (primary N) is 1. The van der Waals surface area contributed by atoms with Gasteiger partial charge in [-0.25, -0.2) is 5.43 Å². The van der Waals surface area contributed by atoms with E-state index in [9.17, 15) is 0 Å². The summed E-state index contributed by atoms with van der Waals surface area (Å²) in [5, 5.41) is 0. The van der Waals surface area contributed by atoms with E-state index in [1.165, 1.54) is 0 Å². The lowest BCUT2D eigenvalue weighted by Crippen LogP contribution is -2.29. The second-order valence-electron chi connectivity index (χ2n) is 4.70. The SMILES string of the molecule is CCCOc1ccc(C(NN)c2cccnc2C)cc1. The number of hydrogen-bond donors (Lipinski definition) is 2. The summed E-state index contributed by atoms with van der Waals surface area (Å²) in [6.07, 6.45) is 2.79. The first-order chi connectivity index (χ1) is 9.76. The monoisotopic (exact) mass is 271 g/mol. The molecular formula is C16H21N3O. The standard InChI is InChI=1S/C16H21N3O/c1-3-11-20-14-8-6-13(7-9-14)16(19-17)15-5-4-10-18-12(15)2/h4-10,16,19H,3,11,17H2,1-2H3. The summed E-state index contributed by atoms with van der Waals surface area (Å²) in [4.78, 5) is 4.31. The Morgan fingerprint density at radius 1 is 1.25 bits per heavy atom. The molecule has 0 amide bonds.